The third-order valence-electron chi connectivity index (χ3n) is 5.28. The van der Waals surface area contributed by atoms with E-state index in [9.17, 15) is 5.11 Å². The summed E-state index contributed by atoms with van der Waals surface area (Å²) in [6.07, 6.45) is -0.633. The Hall–Kier alpha value is -3.09. The van der Waals surface area contributed by atoms with Gasteiger partial charge >= 0.3 is 0 Å². The van der Waals surface area contributed by atoms with Crippen LogP contribution >= 0.6 is 11.8 Å². The zero-order chi connectivity index (χ0) is 22.5. The Morgan fingerprint density at radius 2 is 1.66 bits per heavy atom. The Bertz CT molecular complexity index is 1170. The minimum Gasteiger partial charge on any atom is -0.491 e. The molecule has 0 aliphatic carbocycles. The molecule has 4 aromatic rings. The smallest absolute Gasteiger partial charge is 0.196 e. The number of benzene rings is 3. The largest absolute Gasteiger partial charge is 0.491 e. The van der Waals surface area contributed by atoms with Crippen molar-refractivity contribution >= 4 is 11.8 Å². The Kier molecular flexibility index (Phi) is 6.93. The fraction of sp³-hybridized carbons (Fsp3) is 0.231. The predicted octanol–water partition coefficient (Wildman–Crippen LogP) is 5.39. The molecule has 1 aromatic heterocycles. The number of rotatable bonds is 8. The number of aromatic nitrogens is 3. The summed E-state index contributed by atoms with van der Waals surface area (Å²) in [4.78, 5) is 0. The number of aliphatic hydroxyl groups is 1. The summed E-state index contributed by atoms with van der Waals surface area (Å²) in [5, 5.41) is 20.1. The average molecular weight is 446 g/mol. The van der Waals surface area contributed by atoms with Gasteiger partial charge in [-0.1, -0.05) is 65.9 Å². The highest BCUT2D eigenvalue weighted by Gasteiger charge is 2.18. The molecule has 0 bridgehead atoms. The summed E-state index contributed by atoms with van der Waals surface area (Å²) in [6.45, 7) is 6.46. The first-order valence-corrected chi connectivity index (χ1v) is 11.6. The number of ether oxygens (including phenoxy) is 1. The standard InChI is InChI=1S/C26H27N3O2S/c1-18-9-13-24(14-10-18)31-16-23(30)17-32-26-28-27-25(21-7-5-4-6-8-21)29(26)22-12-11-19(2)20(3)15-22/h4-15,23,30H,16-17H2,1-3H3. The molecule has 3 aromatic carbocycles. The lowest BCUT2D eigenvalue weighted by Gasteiger charge is -2.14. The highest BCUT2D eigenvalue weighted by molar-refractivity contribution is 7.99. The van der Waals surface area contributed by atoms with Gasteiger partial charge < -0.3 is 9.84 Å². The number of aryl methyl sites for hydroxylation is 3. The molecule has 0 fully saturated rings. The minimum atomic E-state index is -0.633. The molecule has 0 radical (unpaired) electrons. The normalized spacial score (nSPS) is 12.0. The molecule has 0 aliphatic heterocycles. The van der Waals surface area contributed by atoms with Crippen LogP contribution in [0.25, 0.3) is 17.1 Å². The quantitative estimate of drug-likeness (QED) is 0.368. The number of thioether (sulfide) groups is 1. The molecule has 0 spiro atoms. The first-order valence-electron chi connectivity index (χ1n) is 10.6. The summed E-state index contributed by atoms with van der Waals surface area (Å²) >= 11 is 1.47. The van der Waals surface area contributed by atoms with Crippen LogP contribution in [0.15, 0.2) is 78.0 Å². The van der Waals surface area contributed by atoms with Gasteiger partial charge in [0, 0.05) is 11.3 Å². The molecule has 164 valence electrons. The molecule has 0 amide bonds. The highest BCUT2D eigenvalue weighted by Crippen LogP contribution is 2.29. The van der Waals surface area contributed by atoms with Crippen LogP contribution in [0.3, 0.4) is 0 Å². The summed E-state index contributed by atoms with van der Waals surface area (Å²) < 4.78 is 7.78. The van der Waals surface area contributed by atoms with Crippen molar-refractivity contribution in [2.75, 3.05) is 12.4 Å². The maximum absolute atomic E-state index is 10.5. The van der Waals surface area contributed by atoms with Crippen molar-refractivity contribution in [1.82, 2.24) is 14.8 Å². The van der Waals surface area contributed by atoms with Crippen molar-refractivity contribution in [3.05, 3.63) is 89.5 Å². The maximum atomic E-state index is 10.5. The van der Waals surface area contributed by atoms with E-state index in [0.29, 0.717) is 5.75 Å². The summed E-state index contributed by atoms with van der Waals surface area (Å²) in [5.74, 6) is 1.98. The first-order chi connectivity index (χ1) is 15.5. The monoisotopic (exact) mass is 445 g/mol. The number of hydrogen-bond acceptors (Lipinski definition) is 5. The fourth-order valence-corrected chi connectivity index (χ4v) is 4.14. The molecule has 1 N–H and O–H groups in total. The third-order valence-corrected chi connectivity index (χ3v) is 6.36. The minimum absolute atomic E-state index is 0.222. The van der Waals surface area contributed by atoms with E-state index in [-0.39, 0.29) is 6.61 Å². The van der Waals surface area contributed by atoms with Crippen LogP contribution in [0.5, 0.6) is 5.75 Å². The number of nitrogens with zero attached hydrogens (tertiary/aromatic N) is 3. The van der Waals surface area contributed by atoms with E-state index in [0.717, 1.165) is 28.0 Å². The summed E-state index contributed by atoms with van der Waals surface area (Å²) in [7, 11) is 0. The molecule has 0 aliphatic rings. The van der Waals surface area contributed by atoms with Crippen LogP contribution in [0.2, 0.25) is 0 Å². The molecule has 1 heterocycles. The lowest BCUT2D eigenvalue weighted by molar-refractivity contribution is 0.126. The maximum Gasteiger partial charge on any atom is 0.196 e. The van der Waals surface area contributed by atoms with Crippen LogP contribution in [-0.2, 0) is 0 Å². The highest BCUT2D eigenvalue weighted by atomic mass is 32.2. The molecule has 1 atom stereocenters. The Balaban J connectivity index is 1.53. The Labute approximate surface area is 193 Å². The lowest BCUT2D eigenvalue weighted by Crippen LogP contribution is -2.20. The van der Waals surface area contributed by atoms with Gasteiger partial charge in [-0.2, -0.15) is 0 Å². The molecular weight excluding hydrogens is 418 g/mol. The van der Waals surface area contributed by atoms with Crippen LogP contribution in [0.4, 0.5) is 0 Å². The van der Waals surface area contributed by atoms with E-state index in [1.807, 2.05) is 61.5 Å². The first kappa shape index (κ1) is 22.1. The van der Waals surface area contributed by atoms with E-state index < -0.39 is 6.10 Å². The second kappa shape index (κ2) is 10.0. The van der Waals surface area contributed by atoms with Gasteiger partial charge in [-0.3, -0.25) is 4.57 Å². The van der Waals surface area contributed by atoms with Crippen molar-refractivity contribution in [2.45, 2.75) is 32.0 Å². The van der Waals surface area contributed by atoms with E-state index in [1.165, 1.54) is 28.5 Å². The molecule has 0 saturated heterocycles. The molecule has 4 rings (SSSR count). The molecule has 5 nitrogen and oxygen atoms in total. The van der Waals surface area contributed by atoms with Crippen molar-refractivity contribution in [3.8, 4) is 22.8 Å². The molecule has 1 unspecified atom stereocenters. The van der Waals surface area contributed by atoms with Crippen LogP contribution in [-0.4, -0.2) is 38.3 Å². The predicted molar refractivity (Wildman–Crippen MR) is 130 cm³/mol. The van der Waals surface area contributed by atoms with Crippen molar-refractivity contribution in [1.29, 1.82) is 0 Å². The molecule has 6 heteroatoms. The Morgan fingerprint density at radius 3 is 2.38 bits per heavy atom. The van der Waals surface area contributed by atoms with Gasteiger partial charge in [-0.15, -0.1) is 10.2 Å². The second-order valence-electron chi connectivity index (χ2n) is 7.87. The van der Waals surface area contributed by atoms with Crippen molar-refractivity contribution < 1.29 is 9.84 Å². The van der Waals surface area contributed by atoms with Gasteiger partial charge in [0.05, 0.1) is 11.8 Å². The van der Waals surface area contributed by atoms with Gasteiger partial charge in [0.15, 0.2) is 11.0 Å². The summed E-state index contributed by atoms with van der Waals surface area (Å²) in [6, 6.07) is 24.2. The van der Waals surface area contributed by atoms with Gasteiger partial charge in [0.25, 0.3) is 0 Å². The van der Waals surface area contributed by atoms with E-state index in [1.54, 1.807) is 0 Å². The zero-order valence-corrected chi connectivity index (χ0v) is 19.3. The van der Waals surface area contributed by atoms with Crippen LogP contribution in [0.1, 0.15) is 16.7 Å². The van der Waals surface area contributed by atoms with Crippen molar-refractivity contribution in [2.24, 2.45) is 0 Å². The van der Waals surface area contributed by atoms with Gasteiger partial charge in [-0.25, -0.2) is 0 Å². The average Bonchev–Trinajstić information content (AvgIpc) is 3.23. The summed E-state index contributed by atoms with van der Waals surface area (Å²) in [5.41, 5.74) is 5.62. The van der Waals surface area contributed by atoms with E-state index >= 15 is 0 Å². The SMILES string of the molecule is Cc1ccc(OCC(O)CSc2nnc(-c3ccccc3)n2-c2ccc(C)c(C)c2)cc1. The van der Waals surface area contributed by atoms with Gasteiger partial charge in [0.1, 0.15) is 12.4 Å². The molecule has 32 heavy (non-hydrogen) atoms. The van der Waals surface area contributed by atoms with Gasteiger partial charge in [0.2, 0.25) is 0 Å². The van der Waals surface area contributed by atoms with E-state index in [4.69, 9.17) is 4.74 Å². The molecular formula is C26H27N3O2S. The number of hydrogen-bond donors (Lipinski definition) is 1. The zero-order valence-electron chi connectivity index (χ0n) is 18.5. The van der Waals surface area contributed by atoms with Crippen molar-refractivity contribution in [3.63, 3.8) is 0 Å². The lowest BCUT2D eigenvalue weighted by atomic mass is 10.1. The van der Waals surface area contributed by atoms with Crippen LogP contribution in [0, 0.1) is 20.8 Å². The van der Waals surface area contributed by atoms with Gasteiger partial charge in [-0.05, 0) is 56.2 Å². The fourth-order valence-electron chi connectivity index (χ4n) is 3.28. The third kappa shape index (κ3) is 5.21. The molecule has 0 saturated carbocycles. The van der Waals surface area contributed by atoms with E-state index in [2.05, 4.69) is 46.8 Å². The number of aliphatic hydroxyl groups excluding tert-OH is 1. The Morgan fingerprint density at radius 1 is 0.906 bits per heavy atom. The second-order valence-corrected chi connectivity index (χ2v) is 8.85. The topological polar surface area (TPSA) is 60.2 Å². The van der Waals surface area contributed by atoms with Crippen LogP contribution < -0.4 is 4.74 Å².